The van der Waals surface area contributed by atoms with Gasteiger partial charge in [-0.2, -0.15) is 8.42 Å². The minimum Gasteiger partial charge on any atom is -0.506 e. The molecule has 3 aromatic rings. The molecular formula is C16H13N3O6S. The number of phenolic OH excluding ortho intramolecular Hbond substituents is 1. The molecule has 0 fully saturated rings. The van der Waals surface area contributed by atoms with Gasteiger partial charge in [-0.1, -0.05) is 24.3 Å². The highest BCUT2D eigenvalue weighted by atomic mass is 32.2. The molecule has 0 aromatic heterocycles. The summed E-state index contributed by atoms with van der Waals surface area (Å²) in [6.45, 7) is 0. The molecule has 0 spiro atoms. The number of nitrogen functional groups attached to an aromatic ring is 2. The van der Waals surface area contributed by atoms with E-state index in [0.29, 0.717) is 5.39 Å². The van der Waals surface area contributed by atoms with Crippen LogP contribution in [-0.2, 0) is 10.1 Å². The van der Waals surface area contributed by atoms with E-state index in [1.54, 1.807) is 12.1 Å². The van der Waals surface area contributed by atoms with E-state index in [4.69, 9.17) is 15.7 Å². The summed E-state index contributed by atoms with van der Waals surface area (Å²) in [5.41, 5.74) is 10.8. The lowest BCUT2D eigenvalue weighted by Crippen LogP contribution is -2.12. The number of nitro benzene ring substituents is 1. The SMILES string of the molecule is Nc1ccc(OS(=O)(=O)c2cc(O)c(N)c3ccccc23)c([N+](=O)[O-])c1. The number of anilines is 2. The molecule has 0 atom stereocenters. The van der Waals surface area contributed by atoms with Crippen molar-refractivity contribution >= 4 is 38.0 Å². The molecule has 3 rings (SSSR count). The zero-order chi connectivity index (χ0) is 19.1. The quantitative estimate of drug-likeness (QED) is 0.206. The Kier molecular flexibility index (Phi) is 4.04. The molecule has 0 aliphatic rings. The third-order valence-corrected chi connectivity index (χ3v) is 4.95. The number of nitrogens with two attached hydrogens (primary N) is 2. The van der Waals surface area contributed by atoms with Gasteiger partial charge in [0.2, 0.25) is 5.75 Å². The summed E-state index contributed by atoms with van der Waals surface area (Å²) in [6.07, 6.45) is 0. The van der Waals surface area contributed by atoms with Crippen molar-refractivity contribution in [2.75, 3.05) is 11.5 Å². The Labute approximate surface area is 147 Å². The Bertz CT molecular complexity index is 1140. The maximum absolute atomic E-state index is 12.7. The lowest BCUT2D eigenvalue weighted by Gasteiger charge is -2.12. The Morgan fingerprint density at radius 3 is 2.35 bits per heavy atom. The normalized spacial score (nSPS) is 11.4. The van der Waals surface area contributed by atoms with Crippen molar-refractivity contribution in [1.29, 1.82) is 0 Å². The van der Waals surface area contributed by atoms with Crippen LogP contribution in [0.2, 0.25) is 0 Å². The average Bonchev–Trinajstić information content (AvgIpc) is 2.59. The van der Waals surface area contributed by atoms with Crippen LogP contribution in [0.15, 0.2) is 53.4 Å². The van der Waals surface area contributed by atoms with Crippen LogP contribution >= 0.6 is 0 Å². The van der Waals surface area contributed by atoms with E-state index in [-0.39, 0.29) is 21.7 Å². The number of rotatable bonds is 4. The molecule has 0 saturated heterocycles. The first-order valence-electron chi connectivity index (χ1n) is 7.19. The van der Waals surface area contributed by atoms with Crippen molar-refractivity contribution < 1.29 is 22.6 Å². The number of hydrogen-bond acceptors (Lipinski definition) is 8. The minimum absolute atomic E-state index is 0.0121. The standard InChI is InChI=1S/C16H13N3O6S/c17-9-5-6-14(12(7-9)19(21)22)25-26(23,24)15-8-13(20)16(18)11-4-2-1-3-10(11)15/h1-8,20H,17-18H2. The number of phenols is 1. The van der Waals surface area contributed by atoms with Crippen LogP contribution in [0.3, 0.4) is 0 Å². The second-order valence-electron chi connectivity index (χ2n) is 5.37. The molecule has 0 unspecified atom stereocenters. The van der Waals surface area contributed by atoms with Gasteiger partial charge in [-0.05, 0) is 12.1 Å². The molecular weight excluding hydrogens is 362 g/mol. The monoisotopic (exact) mass is 375 g/mol. The third-order valence-electron chi connectivity index (χ3n) is 3.67. The summed E-state index contributed by atoms with van der Waals surface area (Å²) < 4.78 is 30.4. The molecule has 0 aliphatic carbocycles. The summed E-state index contributed by atoms with van der Waals surface area (Å²) in [5, 5.41) is 21.6. The smallest absolute Gasteiger partial charge is 0.340 e. The molecule has 134 valence electrons. The molecule has 0 bridgehead atoms. The number of hydrogen-bond donors (Lipinski definition) is 3. The number of fused-ring (bicyclic) bond motifs is 1. The lowest BCUT2D eigenvalue weighted by molar-refractivity contribution is -0.385. The Hall–Kier alpha value is -3.53. The predicted molar refractivity (Wildman–Crippen MR) is 95.3 cm³/mol. The molecule has 0 amide bonds. The summed E-state index contributed by atoms with van der Waals surface area (Å²) in [7, 11) is -4.51. The molecule has 5 N–H and O–H groups in total. The van der Waals surface area contributed by atoms with Crippen LogP contribution in [0.25, 0.3) is 10.8 Å². The third kappa shape index (κ3) is 2.93. The highest BCUT2D eigenvalue weighted by Gasteiger charge is 2.26. The molecule has 3 aromatic carbocycles. The Balaban J connectivity index is 2.18. The van der Waals surface area contributed by atoms with Crippen molar-refractivity contribution in [1.82, 2.24) is 0 Å². The van der Waals surface area contributed by atoms with Crippen molar-refractivity contribution in [2.45, 2.75) is 4.90 Å². The second kappa shape index (κ2) is 6.08. The fourth-order valence-corrected chi connectivity index (χ4v) is 3.64. The summed E-state index contributed by atoms with van der Waals surface area (Å²) in [6, 6.07) is 10.5. The molecule has 10 heteroatoms. The highest BCUT2D eigenvalue weighted by Crippen LogP contribution is 2.37. The van der Waals surface area contributed by atoms with Crippen LogP contribution in [0, 0.1) is 10.1 Å². The first-order valence-corrected chi connectivity index (χ1v) is 8.60. The topological polar surface area (TPSA) is 159 Å². The van der Waals surface area contributed by atoms with Crippen LogP contribution in [0.1, 0.15) is 0 Å². The molecule has 0 saturated carbocycles. The lowest BCUT2D eigenvalue weighted by atomic mass is 10.1. The number of nitrogens with zero attached hydrogens (tertiary/aromatic N) is 1. The van der Waals surface area contributed by atoms with Gasteiger partial charge in [0.1, 0.15) is 10.6 Å². The van der Waals surface area contributed by atoms with Gasteiger partial charge >= 0.3 is 15.8 Å². The van der Waals surface area contributed by atoms with Gasteiger partial charge in [-0.15, -0.1) is 0 Å². The van der Waals surface area contributed by atoms with Gasteiger partial charge < -0.3 is 20.8 Å². The van der Waals surface area contributed by atoms with Gasteiger partial charge in [0, 0.05) is 28.6 Å². The second-order valence-corrected chi connectivity index (χ2v) is 6.89. The van der Waals surface area contributed by atoms with Gasteiger partial charge in [0.15, 0.2) is 0 Å². The summed E-state index contributed by atoms with van der Waals surface area (Å²) in [4.78, 5) is 9.95. The molecule has 9 nitrogen and oxygen atoms in total. The summed E-state index contributed by atoms with van der Waals surface area (Å²) in [5.74, 6) is -0.942. The Morgan fingerprint density at radius 2 is 1.69 bits per heavy atom. The molecule has 0 heterocycles. The fraction of sp³-hybridized carbons (Fsp3) is 0. The van der Waals surface area contributed by atoms with E-state index in [9.17, 15) is 23.6 Å². The van der Waals surface area contributed by atoms with E-state index in [2.05, 4.69) is 0 Å². The summed E-state index contributed by atoms with van der Waals surface area (Å²) >= 11 is 0. The fourth-order valence-electron chi connectivity index (χ4n) is 2.47. The number of aromatic hydroxyl groups is 1. The molecule has 26 heavy (non-hydrogen) atoms. The van der Waals surface area contributed by atoms with Crippen LogP contribution in [-0.4, -0.2) is 18.4 Å². The predicted octanol–water partition coefficient (Wildman–Crippen LogP) is 2.39. The average molecular weight is 375 g/mol. The Morgan fingerprint density at radius 1 is 1.04 bits per heavy atom. The molecule has 0 aliphatic heterocycles. The van der Waals surface area contributed by atoms with Gasteiger partial charge in [0.25, 0.3) is 0 Å². The van der Waals surface area contributed by atoms with E-state index in [1.165, 1.54) is 18.2 Å². The maximum atomic E-state index is 12.7. The van der Waals surface area contributed by atoms with Gasteiger partial charge in [0.05, 0.1) is 10.6 Å². The molecule has 0 radical (unpaired) electrons. The van der Waals surface area contributed by atoms with Crippen LogP contribution in [0.5, 0.6) is 11.5 Å². The van der Waals surface area contributed by atoms with E-state index in [1.807, 2.05) is 0 Å². The van der Waals surface area contributed by atoms with Crippen molar-refractivity contribution in [2.24, 2.45) is 0 Å². The zero-order valence-electron chi connectivity index (χ0n) is 13.1. The number of benzene rings is 3. The van der Waals surface area contributed by atoms with E-state index < -0.39 is 32.2 Å². The van der Waals surface area contributed by atoms with E-state index >= 15 is 0 Å². The van der Waals surface area contributed by atoms with Crippen molar-refractivity contribution in [3.63, 3.8) is 0 Å². The van der Waals surface area contributed by atoms with E-state index in [0.717, 1.165) is 18.2 Å². The number of nitro groups is 1. The van der Waals surface area contributed by atoms with Gasteiger partial charge in [-0.3, -0.25) is 10.1 Å². The van der Waals surface area contributed by atoms with Gasteiger partial charge in [-0.25, -0.2) is 0 Å². The first-order chi connectivity index (χ1) is 12.2. The largest absolute Gasteiger partial charge is 0.506 e. The zero-order valence-corrected chi connectivity index (χ0v) is 13.9. The maximum Gasteiger partial charge on any atom is 0.340 e. The first kappa shape index (κ1) is 17.3. The highest BCUT2D eigenvalue weighted by molar-refractivity contribution is 7.87. The van der Waals surface area contributed by atoms with Crippen LogP contribution < -0.4 is 15.7 Å². The van der Waals surface area contributed by atoms with Crippen molar-refractivity contribution in [3.05, 3.63) is 58.6 Å². The minimum atomic E-state index is -4.51. The van der Waals surface area contributed by atoms with Crippen LogP contribution in [0.4, 0.5) is 17.1 Å². The van der Waals surface area contributed by atoms with Crippen molar-refractivity contribution in [3.8, 4) is 11.5 Å².